The maximum absolute atomic E-state index is 12.7. The number of rotatable bonds is 6. The molecule has 1 amide bonds. The van der Waals surface area contributed by atoms with E-state index in [1.807, 2.05) is 41.2 Å². The Kier molecular flexibility index (Phi) is 4.99. The molecule has 1 aromatic carbocycles. The fourth-order valence-electron chi connectivity index (χ4n) is 4.28. The van der Waals surface area contributed by atoms with Crippen LogP contribution in [-0.4, -0.2) is 44.9 Å². The molecule has 3 saturated heterocycles. The molecule has 4 heterocycles. The number of piperidine rings is 3. The largest absolute Gasteiger partial charge is 0.352 e. The van der Waals surface area contributed by atoms with Gasteiger partial charge in [-0.15, -0.1) is 5.10 Å². The van der Waals surface area contributed by atoms with Crippen molar-refractivity contribution in [3.8, 4) is 0 Å². The Morgan fingerprint density at radius 1 is 1.31 bits per heavy atom. The zero-order valence-corrected chi connectivity index (χ0v) is 14.9. The van der Waals surface area contributed by atoms with E-state index in [9.17, 15) is 4.79 Å². The molecule has 3 aliphatic rings. The first-order valence-electron chi connectivity index (χ1n) is 9.37. The Morgan fingerprint density at radius 2 is 2.15 bits per heavy atom. The van der Waals surface area contributed by atoms with Gasteiger partial charge in [-0.05, 0) is 30.9 Å². The van der Waals surface area contributed by atoms with Crippen LogP contribution in [-0.2, 0) is 24.4 Å². The maximum atomic E-state index is 12.7. The quantitative estimate of drug-likeness (QED) is 0.800. The number of nitrogens with one attached hydrogen (secondary N) is 1. The first-order valence-corrected chi connectivity index (χ1v) is 9.37. The molecule has 3 N–H and O–H groups in total. The molecule has 0 saturated carbocycles. The van der Waals surface area contributed by atoms with Crippen LogP contribution in [0.5, 0.6) is 0 Å². The number of hydrogen-bond donors (Lipinski definition) is 2. The van der Waals surface area contributed by atoms with Gasteiger partial charge in [0.15, 0.2) is 0 Å². The molecule has 1 aromatic heterocycles. The summed E-state index contributed by atoms with van der Waals surface area (Å²) < 4.78 is 1.89. The van der Waals surface area contributed by atoms with Gasteiger partial charge in [0.2, 0.25) is 5.91 Å². The average Bonchev–Trinajstić information content (AvgIpc) is 3.15. The molecular formula is C19H26N6O. The SMILES string of the molecule is NCc1cn(C[C@H]2C[C@H]3CCN2C[C@H]3C(=O)NCc2ccccc2)nn1. The van der Waals surface area contributed by atoms with Gasteiger partial charge in [-0.25, -0.2) is 0 Å². The van der Waals surface area contributed by atoms with E-state index in [1.165, 1.54) is 0 Å². The van der Waals surface area contributed by atoms with Crippen molar-refractivity contribution in [3.05, 3.63) is 47.8 Å². The molecule has 0 aliphatic carbocycles. The van der Waals surface area contributed by atoms with Crippen LogP contribution < -0.4 is 11.1 Å². The Balaban J connectivity index is 1.33. The van der Waals surface area contributed by atoms with Gasteiger partial charge < -0.3 is 11.1 Å². The van der Waals surface area contributed by atoms with Gasteiger partial charge in [-0.3, -0.25) is 14.4 Å². The first kappa shape index (κ1) is 17.2. The van der Waals surface area contributed by atoms with E-state index in [1.54, 1.807) is 0 Å². The predicted octanol–water partition coefficient (Wildman–Crippen LogP) is 0.764. The summed E-state index contributed by atoms with van der Waals surface area (Å²) in [5.74, 6) is 0.741. The minimum Gasteiger partial charge on any atom is -0.352 e. The molecule has 0 spiro atoms. The van der Waals surface area contributed by atoms with Crippen molar-refractivity contribution in [2.75, 3.05) is 13.1 Å². The Labute approximate surface area is 153 Å². The lowest BCUT2D eigenvalue weighted by Crippen LogP contribution is -2.58. The van der Waals surface area contributed by atoms with Crippen LogP contribution >= 0.6 is 0 Å². The molecule has 0 radical (unpaired) electrons. The summed E-state index contributed by atoms with van der Waals surface area (Å²) in [5.41, 5.74) is 7.57. The van der Waals surface area contributed by atoms with Gasteiger partial charge in [0.1, 0.15) is 0 Å². The molecule has 2 aromatic rings. The number of fused-ring (bicyclic) bond motifs is 3. The standard InChI is InChI=1S/C19H26N6O/c20-9-16-11-25(23-22-16)12-17-8-15-6-7-24(17)13-18(15)19(26)21-10-14-4-2-1-3-5-14/h1-5,11,15,17-18H,6-10,12-13,20H2,(H,21,26)/t15-,17-,18-/m1/s1. The van der Waals surface area contributed by atoms with E-state index in [4.69, 9.17) is 5.73 Å². The fraction of sp³-hybridized carbons (Fsp3) is 0.526. The van der Waals surface area contributed by atoms with Crippen molar-refractivity contribution in [1.82, 2.24) is 25.2 Å². The number of hydrogen-bond acceptors (Lipinski definition) is 5. The minimum atomic E-state index is 0.0964. The Bertz CT molecular complexity index is 745. The monoisotopic (exact) mass is 354 g/mol. The second-order valence-corrected chi connectivity index (χ2v) is 7.38. The smallest absolute Gasteiger partial charge is 0.224 e. The van der Waals surface area contributed by atoms with E-state index in [0.29, 0.717) is 25.0 Å². The molecule has 2 bridgehead atoms. The summed E-state index contributed by atoms with van der Waals surface area (Å²) >= 11 is 0. The lowest BCUT2D eigenvalue weighted by molar-refractivity contribution is -0.133. The Morgan fingerprint density at radius 3 is 2.85 bits per heavy atom. The number of aromatic nitrogens is 3. The van der Waals surface area contributed by atoms with Crippen LogP contribution in [0.2, 0.25) is 0 Å². The van der Waals surface area contributed by atoms with Crippen LogP contribution in [0.3, 0.4) is 0 Å². The van der Waals surface area contributed by atoms with Gasteiger partial charge in [-0.1, -0.05) is 35.5 Å². The van der Waals surface area contributed by atoms with Gasteiger partial charge in [0.25, 0.3) is 0 Å². The van der Waals surface area contributed by atoms with E-state index in [-0.39, 0.29) is 11.8 Å². The summed E-state index contributed by atoms with van der Waals surface area (Å²) in [6.07, 6.45) is 4.07. The first-order chi connectivity index (χ1) is 12.7. The van der Waals surface area contributed by atoms with Crippen molar-refractivity contribution in [2.45, 2.75) is 38.5 Å². The molecule has 3 aliphatic heterocycles. The second kappa shape index (κ2) is 7.55. The zero-order valence-electron chi connectivity index (χ0n) is 14.9. The van der Waals surface area contributed by atoms with Crippen LogP contribution in [0.1, 0.15) is 24.1 Å². The van der Waals surface area contributed by atoms with Crippen LogP contribution in [0, 0.1) is 11.8 Å². The van der Waals surface area contributed by atoms with Gasteiger partial charge in [0, 0.05) is 31.9 Å². The summed E-state index contributed by atoms with van der Waals surface area (Å²) in [4.78, 5) is 15.1. The summed E-state index contributed by atoms with van der Waals surface area (Å²) in [6.45, 7) is 3.75. The van der Waals surface area contributed by atoms with E-state index in [2.05, 4.69) is 20.5 Å². The minimum absolute atomic E-state index is 0.0964. The third-order valence-corrected chi connectivity index (χ3v) is 5.72. The van der Waals surface area contributed by atoms with E-state index in [0.717, 1.165) is 43.7 Å². The number of nitrogens with two attached hydrogens (primary N) is 1. The van der Waals surface area contributed by atoms with Crippen LogP contribution in [0.4, 0.5) is 0 Å². The lowest BCUT2D eigenvalue weighted by atomic mass is 9.75. The normalized spacial score (nSPS) is 27.4. The highest BCUT2D eigenvalue weighted by Crippen LogP contribution is 2.36. The summed E-state index contributed by atoms with van der Waals surface area (Å²) in [6, 6.07) is 10.5. The lowest BCUT2D eigenvalue weighted by Gasteiger charge is -2.49. The van der Waals surface area contributed by atoms with E-state index >= 15 is 0 Å². The van der Waals surface area contributed by atoms with Crippen molar-refractivity contribution in [2.24, 2.45) is 17.6 Å². The van der Waals surface area contributed by atoms with Crippen molar-refractivity contribution in [3.63, 3.8) is 0 Å². The van der Waals surface area contributed by atoms with Crippen molar-refractivity contribution in [1.29, 1.82) is 0 Å². The molecule has 3 fully saturated rings. The molecule has 5 rings (SSSR count). The molecule has 138 valence electrons. The van der Waals surface area contributed by atoms with Gasteiger partial charge >= 0.3 is 0 Å². The highest BCUT2D eigenvalue weighted by Gasteiger charge is 2.43. The number of carbonyl (C=O) groups is 1. The molecule has 7 heteroatoms. The second-order valence-electron chi connectivity index (χ2n) is 7.38. The average molecular weight is 354 g/mol. The summed E-state index contributed by atoms with van der Waals surface area (Å²) in [5, 5.41) is 11.3. The molecular weight excluding hydrogens is 328 g/mol. The molecule has 26 heavy (non-hydrogen) atoms. The van der Waals surface area contributed by atoms with E-state index < -0.39 is 0 Å². The highest BCUT2D eigenvalue weighted by atomic mass is 16.1. The topological polar surface area (TPSA) is 89.1 Å². The third kappa shape index (κ3) is 3.64. The number of amides is 1. The van der Waals surface area contributed by atoms with Crippen molar-refractivity contribution >= 4 is 5.91 Å². The van der Waals surface area contributed by atoms with Gasteiger partial charge in [-0.2, -0.15) is 0 Å². The molecule has 4 atom stereocenters. The highest BCUT2D eigenvalue weighted by molar-refractivity contribution is 5.79. The number of benzene rings is 1. The van der Waals surface area contributed by atoms with Crippen LogP contribution in [0.25, 0.3) is 0 Å². The Hall–Kier alpha value is -2.25. The fourth-order valence-corrected chi connectivity index (χ4v) is 4.28. The van der Waals surface area contributed by atoms with Crippen LogP contribution in [0.15, 0.2) is 36.5 Å². The molecule has 7 nitrogen and oxygen atoms in total. The maximum Gasteiger partial charge on any atom is 0.224 e. The predicted molar refractivity (Wildman–Crippen MR) is 97.8 cm³/mol. The van der Waals surface area contributed by atoms with Crippen molar-refractivity contribution < 1.29 is 4.79 Å². The zero-order chi connectivity index (χ0) is 17.9. The number of nitrogens with zero attached hydrogens (tertiary/aromatic N) is 4. The molecule has 1 unspecified atom stereocenters. The van der Waals surface area contributed by atoms with Gasteiger partial charge in [0.05, 0.1) is 18.2 Å². The third-order valence-electron chi connectivity index (χ3n) is 5.72. The number of carbonyl (C=O) groups excluding carboxylic acids is 1. The summed E-state index contributed by atoms with van der Waals surface area (Å²) in [7, 11) is 0.